The Morgan fingerprint density at radius 2 is 1.28 bits per heavy atom. The van der Waals surface area contributed by atoms with Gasteiger partial charge in [-0.3, -0.25) is 28.8 Å². The molecule has 3 aromatic rings. The van der Waals surface area contributed by atoms with Crippen molar-refractivity contribution in [1.29, 1.82) is 0 Å². The third-order valence-electron chi connectivity index (χ3n) is 8.15. The number of carbonyl (C=O) groups is 6. The molecule has 3 rings (SSSR count). The van der Waals surface area contributed by atoms with Crippen molar-refractivity contribution in [3.05, 3.63) is 83.4 Å². The van der Waals surface area contributed by atoms with E-state index in [0.717, 1.165) is 16.3 Å². The lowest BCUT2D eigenvalue weighted by atomic mass is 9.90. The van der Waals surface area contributed by atoms with Crippen LogP contribution in [-0.4, -0.2) is 63.4 Å². The molecule has 50 heavy (non-hydrogen) atoms. The number of carboxylic acids is 2. The molecule has 0 aliphatic rings. The van der Waals surface area contributed by atoms with Crippen LogP contribution >= 0.6 is 0 Å². The van der Waals surface area contributed by atoms with Gasteiger partial charge in [0.15, 0.2) is 0 Å². The number of fused-ring (bicyclic) bond motifs is 1. The lowest BCUT2D eigenvalue weighted by Crippen LogP contribution is -2.53. The van der Waals surface area contributed by atoms with E-state index in [0.29, 0.717) is 11.1 Å². The van der Waals surface area contributed by atoms with E-state index in [1.165, 1.54) is 0 Å². The van der Waals surface area contributed by atoms with Gasteiger partial charge in [-0.1, -0.05) is 68.4 Å². The molecule has 0 saturated carbocycles. The van der Waals surface area contributed by atoms with Crippen molar-refractivity contribution in [2.45, 2.75) is 90.9 Å². The van der Waals surface area contributed by atoms with Crippen LogP contribution in [0.5, 0.6) is 0 Å². The van der Waals surface area contributed by atoms with Crippen LogP contribution in [-0.2, 0) is 36.9 Å². The summed E-state index contributed by atoms with van der Waals surface area (Å²) in [5, 5.41) is 31.5. The normalized spacial score (nSPS) is 13.2. The molecule has 0 saturated heterocycles. The molecule has 3 aromatic carbocycles. The van der Waals surface area contributed by atoms with Crippen LogP contribution in [0, 0.1) is 11.8 Å². The van der Waals surface area contributed by atoms with Crippen molar-refractivity contribution in [2.24, 2.45) is 11.8 Å². The fourth-order valence-corrected chi connectivity index (χ4v) is 5.46. The highest BCUT2D eigenvalue weighted by molar-refractivity contribution is 5.98. The second-order valence-corrected chi connectivity index (χ2v) is 13.8. The van der Waals surface area contributed by atoms with Gasteiger partial charge in [0.25, 0.3) is 5.91 Å². The number of nitrogens with one attached hydrogen (secondary N) is 4. The number of carbonyl (C=O) groups excluding carboxylic acids is 4. The van der Waals surface area contributed by atoms with Gasteiger partial charge in [0.1, 0.15) is 12.1 Å². The van der Waals surface area contributed by atoms with E-state index < -0.39 is 53.2 Å². The van der Waals surface area contributed by atoms with Crippen LogP contribution in [0.2, 0.25) is 0 Å². The van der Waals surface area contributed by atoms with Crippen LogP contribution < -0.4 is 21.3 Å². The molecule has 0 unspecified atom stereocenters. The molecular formula is C38H48N4O8. The summed E-state index contributed by atoms with van der Waals surface area (Å²) in [6, 6.07) is 18.3. The highest BCUT2D eigenvalue weighted by atomic mass is 16.4. The average molecular weight is 689 g/mol. The highest BCUT2D eigenvalue weighted by Crippen LogP contribution is 2.19. The SMILES string of the molecule is CC(C)[C@@H](CCC(=O)O)C(=O)N[C@@H](CCC(=O)O)C(=O)NCc1ccc(C(=O)N[C@@H](Cc2ccc3ccccc3c2)C(=O)NC(C)(C)C)cc1. The number of hydrogen-bond acceptors (Lipinski definition) is 6. The molecule has 0 aliphatic heterocycles. The maximum atomic E-state index is 13.3. The molecule has 268 valence electrons. The van der Waals surface area contributed by atoms with E-state index in [9.17, 15) is 33.9 Å². The lowest BCUT2D eigenvalue weighted by molar-refractivity contribution is -0.140. The number of carboxylic acid groups (broad SMARTS) is 2. The molecule has 4 amide bonds. The van der Waals surface area contributed by atoms with Crippen LogP contribution in [0.4, 0.5) is 0 Å². The summed E-state index contributed by atoms with van der Waals surface area (Å²) in [6.45, 7) is 9.17. The topological polar surface area (TPSA) is 191 Å². The van der Waals surface area contributed by atoms with E-state index >= 15 is 0 Å². The average Bonchev–Trinajstić information content (AvgIpc) is 3.04. The molecule has 0 aromatic heterocycles. The Morgan fingerprint density at radius 3 is 1.88 bits per heavy atom. The molecule has 0 heterocycles. The van der Waals surface area contributed by atoms with Crippen molar-refractivity contribution in [1.82, 2.24) is 21.3 Å². The van der Waals surface area contributed by atoms with Gasteiger partial charge in [-0.05, 0) is 73.6 Å². The zero-order valence-electron chi connectivity index (χ0n) is 29.2. The number of aliphatic carboxylic acids is 2. The summed E-state index contributed by atoms with van der Waals surface area (Å²) in [7, 11) is 0. The summed E-state index contributed by atoms with van der Waals surface area (Å²) in [5.41, 5.74) is 1.32. The van der Waals surface area contributed by atoms with Crippen LogP contribution in [0.3, 0.4) is 0 Å². The Bertz CT molecular complexity index is 1680. The van der Waals surface area contributed by atoms with E-state index in [-0.39, 0.29) is 50.5 Å². The van der Waals surface area contributed by atoms with Gasteiger partial charge < -0.3 is 31.5 Å². The molecule has 0 aliphatic carbocycles. The molecule has 3 atom stereocenters. The molecule has 6 N–H and O–H groups in total. The second kappa shape index (κ2) is 17.9. The molecule has 12 nitrogen and oxygen atoms in total. The van der Waals surface area contributed by atoms with Crippen molar-refractivity contribution in [2.75, 3.05) is 0 Å². The van der Waals surface area contributed by atoms with Gasteiger partial charge in [-0.25, -0.2) is 0 Å². The fourth-order valence-electron chi connectivity index (χ4n) is 5.46. The predicted octanol–water partition coefficient (Wildman–Crippen LogP) is 4.20. The largest absolute Gasteiger partial charge is 0.481 e. The highest BCUT2D eigenvalue weighted by Gasteiger charge is 2.29. The Kier molecular flexibility index (Phi) is 14.1. The molecular weight excluding hydrogens is 640 g/mol. The maximum absolute atomic E-state index is 13.3. The number of hydrogen-bond donors (Lipinski definition) is 6. The van der Waals surface area contributed by atoms with Gasteiger partial charge in [-0.2, -0.15) is 0 Å². The van der Waals surface area contributed by atoms with Gasteiger partial charge in [0.2, 0.25) is 17.7 Å². The third kappa shape index (κ3) is 12.6. The molecule has 0 radical (unpaired) electrons. The summed E-state index contributed by atoms with van der Waals surface area (Å²) in [6.07, 6.45) is -0.374. The van der Waals surface area contributed by atoms with Crippen LogP contribution in [0.15, 0.2) is 66.7 Å². The third-order valence-corrected chi connectivity index (χ3v) is 8.15. The van der Waals surface area contributed by atoms with Crippen molar-refractivity contribution >= 4 is 46.3 Å². The molecule has 0 bridgehead atoms. The molecule has 0 fully saturated rings. The predicted molar refractivity (Wildman–Crippen MR) is 189 cm³/mol. The minimum Gasteiger partial charge on any atom is -0.481 e. The first-order valence-corrected chi connectivity index (χ1v) is 16.7. The number of benzene rings is 3. The minimum absolute atomic E-state index is 0.0331. The van der Waals surface area contributed by atoms with Gasteiger partial charge in [0.05, 0.1) is 0 Å². The van der Waals surface area contributed by atoms with Gasteiger partial charge >= 0.3 is 11.9 Å². The Morgan fingerprint density at radius 1 is 0.680 bits per heavy atom. The monoisotopic (exact) mass is 688 g/mol. The van der Waals surface area contributed by atoms with E-state index in [1.54, 1.807) is 38.1 Å². The minimum atomic E-state index is -1.14. The van der Waals surface area contributed by atoms with Gasteiger partial charge in [0, 0.05) is 42.8 Å². The zero-order valence-corrected chi connectivity index (χ0v) is 29.2. The van der Waals surface area contributed by atoms with E-state index in [2.05, 4.69) is 21.3 Å². The first-order chi connectivity index (χ1) is 23.5. The Balaban J connectivity index is 1.67. The lowest BCUT2D eigenvalue weighted by Gasteiger charge is -2.26. The summed E-state index contributed by atoms with van der Waals surface area (Å²) >= 11 is 0. The van der Waals surface area contributed by atoms with E-state index in [1.807, 2.05) is 63.2 Å². The van der Waals surface area contributed by atoms with Crippen molar-refractivity contribution in [3.8, 4) is 0 Å². The first kappa shape index (κ1) is 39.2. The first-order valence-electron chi connectivity index (χ1n) is 16.7. The summed E-state index contributed by atoms with van der Waals surface area (Å²) in [5.74, 6) is -4.92. The van der Waals surface area contributed by atoms with E-state index in [4.69, 9.17) is 5.11 Å². The fraction of sp³-hybridized carbons (Fsp3) is 0.421. The van der Waals surface area contributed by atoms with Crippen LogP contribution in [0.1, 0.15) is 81.8 Å². The van der Waals surface area contributed by atoms with Crippen molar-refractivity contribution in [3.63, 3.8) is 0 Å². The molecule has 0 spiro atoms. The Labute approximate surface area is 292 Å². The number of amides is 4. The quantitative estimate of drug-likeness (QED) is 0.122. The summed E-state index contributed by atoms with van der Waals surface area (Å²) in [4.78, 5) is 75.0. The number of rotatable bonds is 17. The molecule has 12 heteroatoms. The second-order valence-electron chi connectivity index (χ2n) is 13.8. The zero-order chi connectivity index (χ0) is 37.0. The summed E-state index contributed by atoms with van der Waals surface area (Å²) < 4.78 is 0. The van der Waals surface area contributed by atoms with Crippen LogP contribution in [0.25, 0.3) is 10.8 Å². The maximum Gasteiger partial charge on any atom is 0.303 e. The Hall–Kier alpha value is -5.26. The standard InChI is InChI=1S/C38H48N4O8/c1-23(2)29(16-18-32(43)44)35(48)40-30(17-19-33(45)46)36(49)39-22-24-10-14-27(15-11-24)34(47)41-31(37(50)42-38(3,4)5)21-25-12-13-26-8-6-7-9-28(26)20-25/h6-15,20,23,29-31H,16-19,21-22H2,1-5H3,(H,39,49)(H,40,48)(H,41,47)(H,42,50)(H,43,44)(H,45,46)/t29-,30+,31+/m1/s1. The van der Waals surface area contributed by atoms with Crippen molar-refractivity contribution < 1.29 is 39.0 Å². The smallest absolute Gasteiger partial charge is 0.303 e. The van der Waals surface area contributed by atoms with Gasteiger partial charge in [-0.15, -0.1) is 0 Å².